The number of esters is 2. The van der Waals surface area contributed by atoms with Crippen LogP contribution in [0.1, 0.15) is 6.42 Å². The molecule has 0 spiro atoms. The fourth-order valence-corrected chi connectivity index (χ4v) is 5.46. The molecule has 264 valence electrons. The Morgan fingerprint density at radius 2 is 1.20 bits per heavy atom. The zero-order valence-electron chi connectivity index (χ0n) is 25.2. The van der Waals surface area contributed by atoms with Crippen LogP contribution in [0, 0.1) is 0 Å². The van der Waals surface area contributed by atoms with Crippen molar-refractivity contribution in [3.63, 3.8) is 0 Å². The van der Waals surface area contributed by atoms with E-state index in [1.54, 1.807) is 0 Å². The Morgan fingerprint density at radius 3 is 1.82 bits per heavy atom. The first-order valence-electron chi connectivity index (χ1n) is 15.0. The molecule has 0 aliphatic carbocycles. The maximum absolute atomic E-state index is 12.5. The van der Waals surface area contributed by atoms with Crippen molar-refractivity contribution in [2.24, 2.45) is 0 Å². The molecular weight excluding hydrogens is 660 g/mol. The maximum atomic E-state index is 12.5. The highest BCUT2D eigenvalue weighted by Crippen LogP contribution is 2.42. The van der Waals surface area contributed by atoms with Gasteiger partial charge in [-0.1, -0.05) is 0 Å². The first kappa shape index (κ1) is 34.5. The summed E-state index contributed by atoms with van der Waals surface area (Å²) < 4.78 is 39.2. The highest BCUT2D eigenvalue weighted by Gasteiger charge is 2.48. The van der Waals surface area contributed by atoms with Gasteiger partial charge < -0.3 is 74.4 Å². The van der Waals surface area contributed by atoms with E-state index < -0.39 is 99.1 Å². The lowest BCUT2D eigenvalue weighted by atomic mass is 9.99. The summed E-state index contributed by atoms with van der Waals surface area (Å²) in [6, 6.07) is 9.20. The van der Waals surface area contributed by atoms with Crippen molar-refractivity contribution in [1.29, 1.82) is 0 Å². The van der Waals surface area contributed by atoms with Gasteiger partial charge in [0.2, 0.25) is 18.3 Å². The average molecular weight is 694 g/mol. The van der Waals surface area contributed by atoms with Crippen molar-refractivity contribution in [1.82, 2.24) is 0 Å². The zero-order valence-corrected chi connectivity index (χ0v) is 25.2. The van der Waals surface area contributed by atoms with E-state index in [9.17, 15) is 55.5 Å². The number of hydrogen-bond acceptors (Lipinski definition) is 17. The molecule has 11 atom stereocenters. The first-order valence-corrected chi connectivity index (χ1v) is 15.0. The van der Waals surface area contributed by atoms with Crippen LogP contribution in [0.2, 0.25) is 0 Å². The molecule has 0 amide bonds. The van der Waals surface area contributed by atoms with Gasteiger partial charge in [-0.2, -0.15) is 0 Å². The van der Waals surface area contributed by atoms with E-state index >= 15 is 0 Å². The van der Waals surface area contributed by atoms with E-state index in [0.29, 0.717) is 5.56 Å². The Bertz CT molecular complexity index is 1680. The Balaban J connectivity index is 1.46. The maximum Gasteiger partial charge on any atom is 0.402 e. The van der Waals surface area contributed by atoms with Crippen molar-refractivity contribution in [2.75, 3.05) is 13.2 Å². The molecule has 0 radical (unpaired) electrons. The Hall–Kier alpha value is -4.37. The molecule has 6 bridgehead atoms. The van der Waals surface area contributed by atoms with Gasteiger partial charge in [0, 0.05) is 12.1 Å². The van der Waals surface area contributed by atoms with E-state index in [1.165, 1.54) is 36.4 Å². The summed E-state index contributed by atoms with van der Waals surface area (Å²) in [7, 11) is 0. The van der Waals surface area contributed by atoms with Gasteiger partial charge in [0.15, 0.2) is 6.10 Å². The molecule has 49 heavy (non-hydrogen) atoms. The smallest absolute Gasteiger partial charge is 0.402 e. The minimum Gasteiger partial charge on any atom is -0.508 e. The normalized spacial score (nSPS) is 34.3. The molecule has 6 rings (SSSR count). The van der Waals surface area contributed by atoms with E-state index in [1.807, 2.05) is 0 Å². The van der Waals surface area contributed by atoms with E-state index in [-0.39, 0.29) is 39.7 Å². The predicted octanol–water partition coefficient (Wildman–Crippen LogP) is -1.98. The summed E-state index contributed by atoms with van der Waals surface area (Å²) in [4.78, 5) is 24.8. The summed E-state index contributed by atoms with van der Waals surface area (Å²) in [5, 5.41) is 94.4. The largest absolute Gasteiger partial charge is 0.508 e. The number of aliphatic hydroxyl groups is 7. The fraction of sp³-hybridized carbons (Fsp3) is 0.452. The van der Waals surface area contributed by atoms with Gasteiger partial charge in [-0.3, -0.25) is 4.79 Å². The fourth-order valence-electron chi connectivity index (χ4n) is 5.46. The molecule has 3 aliphatic rings. The van der Waals surface area contributed by atoms with Crippen molar-refractivity contribution in [2.45, 2.75) is 73.9 Å². The summed E-state index contributed by atoms with van der Waals surface area (Å²) in [5.41, 5.74) is 0.272. The topological polar surface area (TPSA) is 283 Å². The minimum atomic E-state index is -2.06. The number of ether oxygens (including phenoxy) is 6. The lowest BCUT2D eigenvalue weighted by Gasteiger charge is -2.40. The number of carbonyl (C=O) groups is 2. The molecule has 3 aromatic rings. The number of rotatable bonds is 1. The number of benzene rings is 2. The highest BCUT2D eigenvalue weighted by molar-refractivity contribution is 5.89. The molecule has 4 heterocycles. The van der Waals surface area contributed by atoms with Crippen molar-refractivity contribution < 1.29 is 88.4 Å². The van der Waals surface area contributed by atoms with Crippen molar-refractivity contribution in [3.05, 3.63) is 42.5 Å². The van der Waals surface area contributed by atoms with Gasteiger partial charge in [-0.15, -0.1) is 0 Å². The average Bonchev–Trinajstić information content (AvgIpc) is 3.07. The van der Waals surface area contributed by atoms with Crippen LogP contribution in [-0.4, -0.2) is 139 Å². The lowest BCUT2D eigenvalue weighted by molar-refractivity contribution is -0.279. The molecule has 18 heteroatoms. The van der Waals surface area contributed by atoms with Crippen LogP contribution < -0.4 is 9.47 Å². The molecule has 2 aromatic carbocycles. The highest BCUT2D eigenvalue weighted by atomic mass is 16.7. The van der Waals surface area contributed by atoms with Crippen LogP contribution in [0.25, 0.3) is 22.3 Å². The molecule has 9 N–H and O–H groups in total. The van der Waals surface area contributed by atoms with Crippen LogP contribution >= 0.6 is 0 Å². The zero-order chi connectivity index (χ0) is 35.1. The number of fused-ring (bicyclic) bond motifs is 5. The van der Waals surface area contributed by atoms with Gasteiger partial charge in [-0.05, 0) is 24.3 Å². The number of hydrogen-bond donors (Lipinski definition) is 9. The summed E-state index contributed by atoms with van der Waals surface area (Å²) in [6.45, 7) is -1.50. The van der Waals surface area contributed by atoms with Gasteiger partial charge in [0.05, 0.1) is 18.1 Å². The van der Waals surface area contributed by atoms with Gasteiger partial charge in [-0.25, -0.2) is 9.21 Å². The van der Waals surface area contributed by atoms with Gasteiger partial charge >= 0.3 is 23.3 Å². The second kappa shape index (κ2) is 13.9. The van der Waals surface area contributed by atoms with Crippen LogP contribution in [0.5, 0.6) is 23.0 Å². The van der Waals surface area contributed by atoms with Gasteiger partial charge in [0.1, 0.15) is 84.7 Å². The van der Waals surface area contributed by atoms with E-state index in [4.69, 9.17) is 32.8 Å². The number of carbonyl (C=O) groups excluding carboxylic acids is 2. The Morgan fingerprint density at radius 1 is 0.633 bits per heavy atom. The molecule has 0 saturated carbocycles. The predicted molar refractivity (Wildman–Crippen MR) is 157 cm³/mol. The summed E-state index contributed by atoms with van der Waals surface area (Å²) in [6.07, 6.45) is -20.7. The van der Waals surface area contributed by atoms with E-state index in [2.05, 4.69) is 0 Å². The van der Waals surface area contributed by atoms with Crippen LogP contribution in [-0.2, 0) is 28.5 Å². The lowest BCUT2D eigenvalue weighted by Crippen LogP contribution is -2.60. The molecular formula is C31H33O18+. The first-order chi connectivity index (χ1) is 23.3. The molecule has 3 aliphatic heterocycles. The number of cyclic esters (lactones) is 2. The Labute approximate surface area is 275 Å². The molecule has 1 aromatic heterocycles. The third-order valence-electron chi connectivity index (χ3n) is 8.18. The van der Waals surface area contributed by atoms with Crippen LogP contribution in [0.4, 0.5) is 0 Å². The van der Waals surface area contributed by atoms with Crippen LogP contribution in [0.3, 0.4) is 0 Å². The number of phenols is 2. The number of aliphatic hydroxyl groups excluding tert-OH is 7. The van der Waals surface area contributed by atoms with E-state index in [0.717, 1.165) is 6.07 Å². The van der Waals surface area contributed by atoms with Gasteiger partial charge in [0.25, 0.3) is 0 Å². The molecule has 1 unspecified atom stereocenters. The third kappa shape index (κ3) is 7.04. The quantitative estimate of drug-likeness (QED) is 0.0985. The SMILES string of the molecule is O=C1CC(O)C(=O)OC[C@H]2O[C@@H](Oc3cc4c(cc(O)cc4[o+]c3-c3ccc(O)cc3)O[C@@H]3O[C@H](CO1)[C@@H](O)[C@H](O)[C@H]3O)[C@H](O)[C@@H](O)[C@@H]2O. The second-order valence-corrected chi connectivity index (χ2v) is 11.6. The van der Waals surface area contributed by atoms with Crippen LogP contribution in [0.15, 0.2) is 46.9 Å². The standard InChI is InChI=1S/C31H32O18/c32-12-3-1-11(2-4-12)28-18-7-14-16(45-28)5-13(33)6-17(14)46-30-26(40)24(38)22(36)19(48-30)9-43-21(35)8-15(34)29(42)44-10-20-23(37)25(39)27(41)31(47-18)49-20/h1-7,15,19-20,22-27,30-31,34,36-41H,8-10H2,(H-,32,33)/p+1/t15?,19-,20-,22-,23-,24+,25+,26-,27-,30-,31-/m1/s1. The Kier molecular flexibility index (Phi) is 9.76. The number of aromatic hydroxyl groups is 2. The molecule has 18 nitrogen and oxygen atoms in total. The number of phenolic OH excluding ortho intramolecular Hbond substituents is 2. The van der Waals surface area contributed by atoms with Crippen molar-refractivity contribution >= 4 is 22.9 Å². The van der Waals surface area contributed by atoms with Crippen molar-refractivity contribution in [3.8, 4) is 34.3 Å². The summed E-state index contributed by atoms with van der Waals surface area (Å²) >= 11 is 0. The molecule has 2 fully saturated rings. The third-order valence-corrected chi connectivity index (χ3v) is 8.18. The second-order valence-electron chi connectivity index (χ2n) is 11.6. The monoisotopic (exact) mass is 693 g/mol. The summed E-state index contributed by atoms with van der Waals surface area (Å²) in [5.74, 6) is -3.41. The minimum absolute atomic E-state index is 0.0344. The molecule has 2 saturated heterocycles.